The summed E-state index contributed by atoms with van der Waals surface area (Å²) in [4.78, 5) is 33.9. The van der Waals surface area contributed by atoms with E-state index in [9.17, 15) is 14.4 Å². The number of hydrogen-bond donors (Lipinski definition) is 1. The summed E-state index contributed by atoms with van der Waals surface area (Å²) in [5, 5.41) is 2.46. The van der Waals surface area contributed by atoms with Crippen LogP contribution in [0.25, 0.3) is 0 Å². The molecule has 0 radical (unpaired) electrons. The normalized spacial score (nSPS) is 10.6. The highest BCUT2D eigenvalue weighted by molar-refractivity contribution is 5.70. The molecule has 2 heterocycles. The van der Waals surface area contributed by atoms with E-state index in [4.69, 9.17) is 4.42 Å². The Morgan fingerprint density at radius 3 is 2.61 bits per heavy atom. The van der Waals surface area contributed by atoms with Gasteiger partial charge in [0.05, 0.1) is 0 Å². The lowest BCUT2D eigenvalue weighted by Gasteiger charge is -2.06. The van der Waals surface area contributed by atoms with E-state index < -0.39 is 0 Å². The van der Waals surface area contributed by atoms with E-state index in [0.717, 1.165) is 4.68 Å². The van der Waals surface area contributed by atoms with Crippen LogP contribution >= 0.6 is 0 Å². The van der Waals surface area contributed by atoms with Gasteiger partial charge in [-0.2, -0.15) is 0 Å². The maximum Gasteiger partial charge on any atom is 0.268 e. The predicted molar refractivity (Wildman–Crippen MR) is 64.0 cm³/mol. The number of aromatic nitrogens is 2. The van der Waals surface area contributed by atoms with Gasteiger partial charge in [-0.1, -0.05) is 0 Å². The number of aromatic amines is 1. The minimum Gasteiger partial charge on any atom is -0.456 e. The molecule has 94 valence electrons. The third kappa shape index (κ3) is 2.04. The quantitative estimate of drug-likeness (QED) is 0.806. The molecule has 0 atom stereocenters. The predicted octanol–water partition coefficient (Wildman–Crippen LogP) is 0.607. The molecule has 2 rings (SSSR count). The van der Waals surface area contributed by atoms with Crippen molar-refractivity contribution in [3.8, 4) is 0 Å². The van der Waals surface area contributed by atoms with E-state index in [1.165, 1.54) is 6.07 Å². The van der Waals surface area contributed by atoms with Crippen LogP contribution in [0, 0.1) is 13.8 Å². The summed E-state index contributed by atoms with van der Waals surface area (Å²) < 4.78 is 6.32. The summed E-state index contributed by atoms with van der Waals surface area (Å²) in [5.41, 5.74) is 0.218. The molecule has 0 aliphatic carbocycles. The third-order valence-electron chi connectivity index (χ3n) is 2.82. The van der Waals surface area contributed by atoms with Crippen molar-refractivity contribution >= 4 is 6.29 Å². The van der Waals surface area contributed by atoms with Crippen molar-refractivity contribution in [2.45, 2.75) is 20.4 Å². The lowest BCUT2D eigenvalue weighted by Crippen LogP contribution is -2.33. The molecule has 18 heavy (non-hydrogen) atoms. The summed E-state index contributed by atoms with van der Waals surface area (Å²) in [6.07, 6.45) is 0.579. The van der Waals surface area contributed by atoms with Crippen LogP contribution < -0.4 is 11.1 Å². The smallest absolute Gasteiger partial charge is 0.268 e. The van der Waals surface area contributed by atoms with Crippen molar-refractivity contribution in [1.29, 1.82) is 0 Å². The van der Waals surface area contributed by atoms with Crippen LogP contribution in [0.5, 0.6) is 0 Å². The van der Waals surface area contributed by atoms with Gasteiger partial charge in [-0.25, -0.2) is 4.68 Å². The van der Waals surface area contributed by atoms with Gasteiger partial charge >= 0.3 is 0 Å². The molecular weight excluding hydrogens is 236 g/mol. The first-order chi connectivity index (χ1) is 8.52. The molecule has 0 aliphatic rings. The van der Waals surface area contributed by atoms with Crippen molar-refractivity contribution in [2.24, 2.45) is 0 Å². The Morgan fingerprint density at radius 1 is 1.28 bits per heavy atom. The molecule has 6 nitrogen and oxygen atoms in total. The number of hydrogen-bond acceptors (Lipinski definition) is 4. The van der Waals surface area contributed by atoms with Crippen LogP contribution in [0.3, 0.4) is 0 Å². The molecule has 2 aromatic rings. The van der Waals surface area contributed by atoms with Gasteiger partial charge in [-0.3, -0.25) is 19.5 Å². The maximum atomic E-state index is 11.9. The van der Waals surface area contributed by atoms with Crippen LogP contribution in [-0.2, 0) is 6.54 Å². The Kier molecular flexibility index (Phi) is 3.01. The first kappa shape index (κ1) is 12.1. The van der Waals surface area contributed by atoms with Crippen molar-refractivity contribution in [3.63, 3.8) is 0 Å². The SMILES string of the molecule is Cc1c(C)c(=O)n(Cc2ccc(C=O)o2)[nH]c1=O. The molecular formula is C12H12N2O4. The highest BCUT2D eigenvalue weighted by Gasteiger charge is 2.09. The number of aldehydes is 1. The van der Waals surface area contributed by atoms with Gasteiger partial charge in [0.2, 0.25) is 0 Å². The highest BCUT2D eigenvalue weighted by Crippen LogP contribution is 2.06. The first-order valence-electron chi connectivity index (χ1n) is 5.37. The van der Waals surface area contributed by atoms with Crippen molar-refractivity contribution in [1.82, 2.24) is 9.78 Å². The Morgan fingerprint density at radius 2 is 2.00 bits per heavy atom. The highest BCUT2D eigenvalue weighted by atomic mass is 16.3. The second-order valence-corrected chi connectivity index (χ2v) is 4.00. The molecule has 0 amide bonds. The van der Waals surface area contributed by atoms with E-state index in [0.29, 0.717) is 23.2 Å². The number of nitrogens with one attached hydrogen (secondary N) is 1. The zero-order chi connectivity index (χ0) is 13.3. The summed E-state index contributed by atoms with van der Waals surface area (Å²) in [7, 11) is 0. The van der Waals surface area contributed by atoms with E-state index in [2.05, 4.69) is 5.10 Å². The van der Waals surface area contributed by atoms with E-state index in [1.54, 1.807) is 19.9 Å². The van der Waals surface area contributed by atoms with Crippen LogP contribution in [0.2, 0.25) is 0 Å². The Bertz CT molecular complexity index is 706. The van der Waals surface area contributed by atoms with Crippen LogP contribution in [0.15, 0.2) is 26.1 Å². The van der Waals surface area contributed by atoms with Gasteiger partial charge in [0.1, 0.15) is 12.3 Å². The molecule has 0 saturated carbocycles. The summed E-state index contributed by atoms with van der Waals surface area (Å²) in [5.74, 6) is 0.613. The van der Waals surface area contributed by atoms with E-state index >= 15 is 0 Å². The van der Waals surface area contributed by atoms with Gasteiger partial charge < -0.3 is 4.42 Å². The maximum absolute atomic E-state index is 11.9. The molecule has 0 spiro atoms. The molecule has 1 N–H and O–H groups in total. The average molecular weight is 248 g/mol. The number of carbonyl (C=O) groups excluding carboxylic acids is 1. The van der Waals surface area contributed by atoms with Gasteiger partial charge in [-0.15, -0.1) is 0 Å². The standard InChI is InChI=1S/C12H12N2O4/c1-7-8(2)12(17)14(13-11(7)16)5-9-3-4-10(6-15)18-9/h3-4,6H,5H2,1-2H3,(H,13,16). The minimum absolute atomic E-state index is 0.0863. The monoisotopic (exact) mass is 248 g/mol. The van der Waals surface area contributed by atoms with Crippen LogP contribution in [0.4, 0.5) is 0 Å². The molecule has 0 fully saturated rings. The molecule has 0 aromatic carbocycles. The lowest BCUT2D eigenvalue weighted by molar-refractivity contribution is 0.109. The molecule has 2 aromatic heterocycles. The number of rotatable bonds is 3. The second kappa shape index (κ2) is 4.48. The van der Waals surface area contributed by atoms with Gasteiger partial charge in [0, 0.05) is 11.1 Å². The molecule has 0 unspecified atom stereocenters. The zero-order valence-electron chi connectivity index (χ0n) is 10.0. The summed E-state index contributed by atoms with van der Waals surface area (Å²) >= 11 is 0. The minimum atomic E-state index is -0.311. The van der Waals surface area contributed by atoms with Gasteiger partial charge in [0.25, 0.3) is 11.1 Å². The van der Waals surface area contributed by atoms with E-state index in [1.807, 2.05) is 0 Å². The fourth-order valence-corrected chi connectivity index (χ4v) is 1.60. The Hall–Kier alpha value is -2.37. The van der Waals surface area contributed by atoms with Crippen LogP contribution in [0.1, 0.15) is 27.4 Å². The largest absolute Gasteiger partial charge is 0.456 e. The van der Waals surface area contributed by atoms with E-state index in [-0.39, 0.29) is 23.4 Å². The number of furan rings is 1. The zero-order valence-corrected chi connectivity index (χ0v) is 10.0. The van der Waals surface area contributed by atoms with Gasteiger partial charge in [-0.05, 0) is 26.0 Å². The Labute approximate surface area is 102 Å². The fourth-order valence-electron chi connectivity index (χ4n) is 1.60. The summed E-state index contributed by atoms with van der Waals surface area (Å²) in [6.45, 7) is 3.28. The molecule has 6 heteroatoms. The number of nitrogens with zero attached hydrogens (tertiary/aromatic N) is 1. The fraction of sp³-hybridized carbons (Fsp3) is 0.250. The average Bonchev–Trinajstić information content (AvgIpc) is 2.81. The Balaban J connectivity index is 2.44. The number of carbonyl (C=O) groups is 1. The van der Waals surface area contributed by atoms with Gasteiger partial charge in [0.15, 0.2) is 12.0 Å². The van der Waals surface area contributed by atoms with Crippen molar-refractivity contribution < 1.29 is 9.21 Å². The summed E-state index contributed by atoms with van der Waals surface area (Å²) in [6, 6.07) is 3.09. The first-order valence-corrected chi connectivity index (χ1v) is 5.37. The molecule has 0 bridgehead atoms. The third-order valence-corrected chi connectivity index (χ3v) is 2.82. The molecule has 0 saturated heterocycles. The molecule has 0 aliphatic heterocycles. The number of H-pyrrole nitrogens is 1. The van der Waals surface area contributed by atoms with Crippen molar-refractivity contribution in [2.75, 3.05) is 0 Å². The van der Waals surface area contributed by atoms with Crippen LogP contribution in [-0.4, -0.2) is 16.1 Å². The van der Waals surface area contributed by atoms with Crippen molar-refractivity contribution in [3.05, 3.63) is 55.5 Å². The topological polar surface area (TPSA) is 85.1 Å². The lowest BCUT2D eigenvalue weighted by atomic mass is 10.2. The second-order valence-electron chi connectivity index (χ2n) is 4.00.